The molecule has 0 radical (unpaired) electrons. The third kappa shape index (κ3) is 6.17. The summed E-state index contributed by atoms with van der Waals surface area (Å²) in [5.41, 5.74) is 3.24. The second kappa shape index (κ2) is 10.9. The third-order valence-corrected chi connectivity index (χ3v) is 4.88. The van der Waals surface area contributed by atoms with Crippen molar-refractivity contribution in [2.24, 2.45) is 0 Å². The van der Waals surface area contributed by atoms with Gasteiger partial charge in [0.25, 0.3) is 5.91 Å². The number of aromatic nitrogens is 2. The monoisotopic (exact) mass is 439 g/mol. The molecule has 166 valence electrons. The van der Waals surface area contributed by atoms with E-state index in [1.807, 2.05) is 54.6 Å². The molecule has 1 amide bonds. The lowest BCUT2D eigenvalue weighted by atomic mass is 10.1. The van der Waals surface area contributed by atoms with Gasteiger partial charge in [0.15, 0.2) is 0 Å². The maximum atomic E-state index is 12.7. The molecule has 0 saturated carbocycles. The second-order valence-corrected chi connectivity index (χ2v) is 7.41. The maximum Gasteiger partial charge on any atom is 0.251 e. The predicted octanol–water partition coefficient (Wildman–Crippen LogP) is 5.65. The lowest BCUT2D eigenvalue weighted by Crippen LogP contribution is -2.22. The topological polar surface area (TPSA) is 73.3 Å². The van der Waals surface area contributed by atoms with Gasteiger partial charge in [-0.25, -0.2) is 9.97 Å². The molecular weight excluding hydrogens is 414 g/mol. The molecule has 0 atom stereocenters. The Balaban J connectivity index is 1.38. The third-order valence-electron chi connectivity index (χ3n) is 4.88. The van der Waals surface area contributed by atoms with Crippen LogP contribution in [0.2, 0.25) is 0 Å². The van der Waals surface area contributed by atoms with Gasteiger partial charge in [-0.2, -0.15) is 0 Å². The normalized spacial score (nSPS) is 10.5. The molecule has 0 aliphatic heterocycles. The van der Waals surface area contributed by atoms with Gasteiger partial charge in [0.1, 0.15) is 17.8 Å². The fraction of sp³-hybridized carbons (Fsp3) is 0.148. The highest BCUT2D eigenvalue weighted by atomic mass is 16.5. The first-order valence-corrected chi connectivity index (χ1v) is 10.9. The van der Waals surface area contributed by atoms with Crippen LogP contribution in [0.5, 0.6) is 17.4 Å². The van der Waals surface area contributed by atoms with E-state index in [2.05, 4.69) is 22.2 Å². The molecular formula is C27H25N3O3. The molecule has 0 aliphatic carbocycles. The largest absolute Gasteiger partial charge is 0.494 e. The Hall–Kier alpha value is -4.19. The zero-order chi connectivity index (χ0) is 22.9. The number of hydrogen-bond acceptors (Lipinski definition) is 5. The van der Waals surface area contributed by atoms with Crippen molar-refractivity contribution in [1.29, 1.82) is 0 Å². The van der Waals surface area contributed by atoms with Crippen LogP contribution in [0.4, 0.5) is 0 Å². The molecule has 0 fully saturated rings. The number of amides is 1. The van der Waals surface area contributed by atoms with Crippen molar-refractivity contribution in [3.05, 3.63) is 102 Å². The van der Waals surface area contributed by atoms with E-state index in [4.69, 9.17) is 9.47 Å². The van der Waals surface area contributed by atoms with E-state index >= 15 is 0 Å². The molecule has 0 saturated heterocycles. The molecule has 0 bridgehead atoms. The number of ether oxygens (including phenoxy) is 2. The van der Waals surface area contributed by atoms with Gasteiger partial charge in [0, 0.05) is 23.7 Å². The van der Waals surface area contributed by atoms with Gasteiger partial charge in [0.2, 0.25) is 5.88 Å². The molecule has 6 heteroatoms. The Bertz CT molecular complexity index is 1190. The molecule has 0 spiro atoms. The first kappa shape index (κ1) is 22.0. The van der Waals surface area contributed by atoms with Crippen molar-refractivity contribution in [2.75, 3.05) is 6.61 Å². The van der Waals surface area contributed by atoms with Crippen LogP contribution in [-0.4, -0.2) is 22.5 Å². The summed E-state index contributed by atoms with van der Waals surface area (Å²) < 4.78 is 11.5. The van der Waals surface area contributed by atoms with Crippen LogP contribution in [0.3, 0.4) is 0 Å². The number of carbonyl (C=O) groups is 1. The summed E-state index contributed by atoms with van der Waals surface area (Å²) in [4.78, 5) is 21.2. The minimum absolute atomic E-state index is 0.181. The van der Waals surface area contributed by atoms with E-state index in [0.29, 0.717) is 30.3 Å². The fourth-order valence-corrected chi connectivity index (χ4v) is 3.19. The van der Waals surface area contributed by atoms with E-state index in [1.165, 1.54) is 6.33 Å². The average Bonchev–Trinajstić information content (AvgIpc) is 2.87. The molecule has 0 aliphatic rings. The van der Waals surface area contributed by atoms with Crippen molar-refractivity contribution in [3.8, 4) is 28.6 Å². The number of nitrogens with one attached hydrogen (secondary N) is 1. The Morgan fingerprint density at radius 3 is 2.48 bits per heavy atom. The quantitative estimate of drug-likeness (QED) is 0.365. The van der Waals surface area contributed by atoms with Crippen LogP contribution in [0, 0.1) is 0 Å². The highest BCUT2D eigenvalue weighted by Crippen LogP contribution is 2.24. The van der Waals surface area contributed by atoms with Crippen molar-refractivity contribution >= 4 is 5.91 Å². The smallest absolute Gasteiger partial charge is 0.251 e. The van der Waals surface area contributed by atoms with Crippen molar-refractivity contribution in [1.82, 2.24) is 15.3 Å². The average molecular weight is 440 g/mol. The summed E-state index contributed by atoms with van der Waals surface area (Å²) in [6.45, 7) is 3.18. The number of carbonyl (C=O) groups excluding carboxylic acids is 1. The first-order chi connectivity index (χ1) is 16.2. The summed E-state index contributed by atoms with van der Waals surface area (Å²) in [6.07, 6.45) is 2.43. The van der Waals surface area contributed by atoms with Gasteiger partial charge < -0.3 is 14.8 Å². The zero-order valence-electron chi connectivity index (χ0n) is 18.4. The fourth-order valence-electron chi connectivity index (χ4n) is 3.19. The maximum absolute atomic E-state index is 12.7. The van der Waals surface area contributed by atoms with Crippen LogP contribution < -0.4 is 14.8 Å². The Morgan fingerprint density at radius 2 is 1.70 bits per heavy atom. The summed E-state index contributed by atoms with van der Waals surface area (Å²) in [6, 6.07) is 26.3. The van der Waals surface area contributed by atoms with Crippen LogP contribution in [0.1, 0.15) is 29.3 Å². The van der Waals surface area contributed by atoms with Gasteiger partial charge in [0.05, 0.1) is 12.3 Å². The standard InChI is InChI=1S/C27H25N3O3/c1-2-15-32-23-13-11-20(12-14-23)18-28-27(31)22-9-6-10-24(16-22)33-26-17-25(29-19-30-26)21-7-4-3-5-8-21/h3-14,16-17,19H,2,15,18H2,1H3,(H,28,31). The first-order valence-electron chi connectivity index (χ1n) is 10.9. The van der Waals surface area contributed by atoms with Gasteiger partial charge >= 0.3 is 0 Å². The van der Waals surface area contributed by atoms with Gasteiger partial charge in [-0.3, -0.25) is 4.79 Å². The van der Waals surface area contributed by atoms with Crippen LogP contribution in [0.25, 0.3) is 11.3 Å². The van der Waals surface area contributed by atoms with Crippen molar-refractivity contribution in [3.63, 3.8) is 0 Å². The van der Waals surface area contributed by atoms with E-state index in [-0.39, 0.29) is 5.91 Å². The zero-order valence-corrected chi connectivity index (χ0v) is 18.4. The second-order valence-electron chi connectivity index (χ2n) is 7.41. The lowest BCUT2D eigenvalue weighted by Gasteiger charge is -2.09. The van der Waals surface area contributed by atoms with E-state index < -0.39 is 0 Å². The summed E-state index contributed by atoms with van der Waals surface area (Å²) in [5.74, 6) is 1.58. The Labute approximate surface area is 193 Å². The molecule has 3 aromatic carbocycles. The van der Waals surface area contributed by atoms with Crippen LogP contribution >= 0.6 is 0 Å². The molecule has 33 heavy (non-hydrogen) atoms. The van der Waals surface area contributed by atoms with E-state index in [0.717, 1.165) is 29.0 Å². The minimum Gasteiger partial charge on any atom is -0.494 e. The molecule has 4 aromatic rings. The molecule has 1 N–H and O–H groups in total. The Morgan fingerprint density at radius 1 is 0.879 bits per heavy atom. The molecule has 1 aromatic heterocycles. The number of hydrogen-bond donors (Lipinski definition) is 1. The molecule has 1 heterocycles. The van der Waals surface area contributed by atoms with E-state index in [1.54, 1.807) is 30.3 Å². The lowest BCUT2D eigenvalue weighted by molar-refractivity contribution is 0.0950. The van der Waals surface area contributed by atoms with Crippen molar-refractivity contribution in [2.45, 2.75) is 19.9 Å². The predicted molar refractivity (Wildman–Crippen MR) is 127 cm³/mol. The number of benzene rings is 3. The summed E-state index contributed by atoms with van der Waals surface area (Å²) in [5, 5.41) is 2.94. The van der Waals surface area contributed by atoms with E-state index in [9.17, 15) is 4.79 Å². The highest BCUT2D eigenvalue weighted by Gasteiger charge is 2.09. The van der Waals surface area contributed by atoms with Crippen LogP contribution in [-0.2, 0) is 6.54 Å². The summed E-state index contributed by atoms with van der Waals surface area (Å²) >= 11 is 0. The van der Waals surface area contributed by atoms with Gasteiger partial charge in [-0.1, -0.05) is 55.5 Å². The SMILES string of the molecule is CCCOc1ccc(CNC(=O)c2cccc(Oc3cc(-c4ccccc4)ncn3)c2)cc1. The molecule has 6 nitrogen and oxygen atoms in total. The molecule has 4 rings (SSSR count). The van der Waals surface area contributed by atoms with Gasteiger partial charge in [-0.15, -0.1) is 0 Å². The Kier molecular flexibility index (Phi) is 7.28. The minimum atomic E-state index is -0.181. The highest BCUT2D eigenvalue weighted by molar-refractivity contribution is 5.94. The molecule has 0 unspecified atom stereocenters. The van der Waals surface area contributed by atoms with Crippen molar-refractivity contribution < 1.29 is 14.3 Å². The summed E-state index contributed by atoms with van der Waals surface area (Å²) in [7, 11) is 0. The van der Waals surface area contributed by atoms with Crippen LogP contribution in [0.15, 0.2) is 91.3 Å². The van der Waals surface area contributed by atoms with Gasteiger partial charge in [-0.05, 0) is 42.3 Å². The number of nitrogens with zero attached hydrogens (tertiary/aromatic N) is 2. The number of rotatable bonds is 9.